The van der Waals surface area contributed by atoms with Crippen LogP contribution in [0.5, 0.6) is 0 Å². The van der Waals surface area contributed by atoms with Gasteiger partial charge in [0.05, 0.1) is 12.1 Å². The first kappa shape index (κ1) is 11.7. The molecule has 0 radical (unpaired) electrons. The molecular weight excluding hydrogens is 249 g/mol. The van der Waals surface area contributed by atoms with Gasteiger partial charge in [0, 0.05) is 12.6 Å². The van der Waals surface area contributed by atoms with E-state index in [-0.39, 0.29) is 23.7 Å². The molecule has 96 valence electrons. The monoisotopic (exact) mass is 259 g/mol. The molecule has 0 saturated heterocycles. The summed E-state index contributed by atoms with van der Waals surface area (Å²) in [5.41, 5.74) is 1.16. The summed E-state index contributed by atoms with van der Waals surface area (Å²) in [7, 11) is 1.59. The second kappa shape index (κ2) is 4.08. The fourth-order valence-corrected chi connectivity index (χ4v) is 2.32. The molecule has 19 heavy (non-hydrogen) atoms. The summed E-state index contributed by atoms with van der Waals surface area (Å²) < 4.78 is 13.1. The van der Waals surface area contributed by atoms with E-state index in [1.54, 1.807) is 7.05 Å². The van der Waals surface area contributed by atoms with Gasteiger partial charge in [-0.2, -0.15) is 15.0 Å². The quantitative estimate of drug-likeness (QED) is 0.600. The lowest BCUT2D eigenvalue weighted by Crippen LogP contribution is -2.21. The van der Waals surface area contributed by atoms with Gasteiger partial charge < -0.3 is 0 Å². The summed E-state index contributed by atoms with van der Waals surface area (Å²) in [6, 6.07) is 3.96. The van der Waals surface area contributed by atoms with Crippen LogP contribution >= 0.6 is 0 Å². The molecule has 0 fully saturated rings. The highest BCUT2D eigenvalue weighted by Gasteiger charge is 2.37. The highest BCUT2D eigenvalue weighted by Crippen LogP contribution is 2.29. The fraction of sp³-hybridized carbons (Fsp3) is 0.231. The molecule has 1 atom stereocenters. The van der Waals surface area contributed by atoms with Crippen LogP contribution in [-0.2, 0) is 13.5 Å². The maximum absolute atomic E-state index is 13.1. The van der Waals surface area contributed by atoms with Crippen LogP contribution in [0.3, 0.4) is 0 Å². The third-order valence-corrected chi connectivity index (χ3v) is 3.24. The van der Waals surface area contributed by atoms with Crippen LogP contribution in [0.2, 0.25) is 0 Å². The first-order valence-electron chi connectivity index (χ1n) is 5.79. The molecular formula is C13H10FN3O2. The number of carbonyl (C=O) groups excluding carboxylic acids is 2. The van der Waals surface area contributed by atoms with E-state index in [1.807, 2.05) is 0 Å². The number of hydrogen-bond donors (Lipinski definition) is 0. The van der Waals surface area contributed by atoms with Crippen molar-refractivity contribution in [1.82, 2.24) is 15.0 Å². The third kappa shape index (κ3) is 1.85. The maximum Gasteiger partial charge on any atom is 0.195 e. The van der Waals surface area contributed by atoms with E-state index in [4.69, 9.17) is 0 Å². The Hall–Kier alpha value is -2.37. The Balaban J connectivity index is 1.93. The lowest BCUT2D eigenvalue weighted by molar-refractivity contribution is 0.0818. The fourth-order valence-electron chi connectivity index (χ4n) is 2.32. The van der Waals surface area contributed by atoms with Crippen molar-refractivity contribution in [1.29, 1.82) is 0 Å². The number of ketones is 2. The Kier molecular flexibility index (Phi) is 2.51. The van der Waals surface area contributed by atoms with E-state index in [0.717, 1.165) is 0 Å². The molecule has 0 bridgehead atoms. The Bertz CT molecular complexity index is 693. The van der Waals surface area contributed by atoms with Crippen molar-refractivity contribution in [2.24, 2.45) is 13.0 Å². The number of halogens is 1. The van der Waals surface area contributed by atoms with E-state index in [1.165, 1.54) is 29.2 Å². The Morgan fingerprint density at radius 3 is 2.95 bits per heavy atom. The highest BCUT2D eigenvalue weighted by atomic mass is 19.1. The van der Waals surface area contributed by atoms with Crippen molar-refractivity contribution in [2.45, 2.75) is 6.42 Å². The third-order valence-electron chi connectivity index (χ3n) is 3.24. The van der Waals surface area contributed by atoms with Gasteiger partial charge in [-0.25, -0.2) is 4.39 Å². The minimum atomic E-state index is -0.812. The number of aromatic nitrogens is 3. The first-order valence-corrected chi connectivity index (χ1v) is 5.79. The number of fused-ring (bicyclic) bond motifs is 1. The molecule has 1 aliphatic carbocycles. The summed E-state index contributed by atoms with van der Waals surface area (Å²) in [5, 5.41) is 7.71. The predicted molar refractivity (Wildman–Crippen MR) is 63.3 cm³/mol. The molecule has 0 spiro atoms. The Labute approximate surface area is 108 Å². The van der Waals surface area contributed by atoms with E-state index in [0.29, 0.717) is 11.1 Å². The molecule has 1 aliphatic rings. The van der Waals surface area contributed by atoms with Crippen molar-refractivity contribution in [3.63, 3.8) is 0 Å². The van der Waals surface area contributed by atoms with Crippen molar-refractivity contribution in [2.75, 3.05) is 0 Å². The second-order valence-electron chi connectivity index (χ2n) is 4.51. The van der Waals surface area contributed by atoms with Crippen molar-refractivity contribution < 1.29 is 14.0 Å². The topological polar surface area (TPSA) is 64.8 Å². The Morgan fingerprint density at radius 1 is 1.47 bits per heavy atom. The predicted octanol–water partition coefficient (Wildman–Crippen LogP) is 1.19. The standard InChI is InChI=1S/C13H10FN3O2/c1-17-15-6-11(16-17)13(19)10-5-7-4-8(14)2-3-9(7)12(10)18/h2-4,6,10H,5H2,1H3. The SMILES string of the molecule is Cn1ncc(C(=O)C2Cc3cc(F)ccc3C2=O)n1. The molecule has 5 nitrogen and oxygen atoms in total. The highest BCUT2D eigenvalue weighted by molar-refractivity contribution is 6.18. The van der Waals surface area contributed by atoms with Crippen LogP contribution in [-0.4, -0.2) is 26.6 Å². The van der Waals surface area contributed by atoms with Gasteiger partial charge in [-0.3, -0.25) is 9.59 Å². The molecule has 1 aromatic carbocycles. The zero-order chi connectivity index (χ0) is 13.6. The number of benzene rings is 1. The first-order chi connectivity index (χ1) is 9.06. The molecule has 0 N–H and O–H groups in total. The summed E-state index contributed by atoms with van der Waals surface area (Å²) in [5.74, 6) is -1.85. The van der Waals surface area contributed by atoms with E-state index in [2.05, 4.69) is 10.2 Å². The average Bonchev–Trinajstić information content (AvgIpc) is 2.93. The lowest BCUT2D eigenvalue weighted by atomic mass is 9.98. The van der Waals surface area contributed by atoms with Gasteiger partial charge in [-0.15, -0.1) is 0 Å². The minimum Gasteiger partial charge on any atom is -0.293 e. The summed E-state index contributed by atoms with van der Waals surface area (Å²) in [6.45, 7) is 0. The van der Waals surface area contributed by atoms with Crippen molar-refractivity contribution in [3.05, 3.63) is 47.0 Å². The molecule has 1 heterocycles. The molecule has 1 unspecified atom stereocenters. The molecule has 3 rings (SSSR count). The summed E-state index contributed by atoms with van der Waals surface area (Å²) in [6.07, 6.45) is 1.56. The van der Waals surface area contributed by atoms with Gasteiger partial charge in [0.15, 0.2) is 11.6 Å². The van der Waals surface area contributed by atoms with Gasteiger partial charge in [0.25, 0.3) is 0 Å². The van der Waals surface area contributed by atoms with Gasteiger partial charge in [0.1, 0.15) is 11.5 Å². The second-order valence-corrected chi connectivity index (χ2v) is 4.51. The smallest absolute Gasteiger partial charge is 0.195 e. The van der Waals surface area contributed by atoms with Crippen LogP contribution < -0.4 is 0 Å². The van der Waals surface area contributed by atoms with Gasteiger partial charge >= 0.3 is 0 Å². The van der Waals surface area contributed by atoms with Crippen molar-refractivity contribution in [3.8, 4) is 0 Å². The molecule has 1 aromatic heterocycles. The number of carbonyl (C=O) groups is 2. The lowest BCUT2D eigenvalue weighted by Gasteiger charge is -2.02. The maximum atomic E-state index is 13.1. The zero-order valence-electron chi connectivity index (χ0n) is 10.1. The number of hydrogen-bond acceptors (Lipinski definition) is 4. The molecule has 6 heteroatoms. The van der Waals surface area contributed by atoms with Gasteiger partial charge in [0.2, 0.25) is 0 Å². The summed E-state index contributed by atoms with van der Waals surface area (Å²) in [4.78, 5) is 25.6. The van der Waals surface area contributed by atoms with Gasteiger partial charge in [-0.05, 0) is 30.2 Å². The average molecular weight is 259 g/mol. The van der Waals surface area contributed by atoms with Crippen molar-refractivity contribution >= 4 is 11.6 Å². The molecule has 0 saturated carbocycles. The minimum absolute atomic E-state index is 0.161. The molecule has 0 amide bonds. The number of aryl methyl sites for hydroxylation is 1. The van der Waals surface area contributed by atoms with E-state index >= 15 is 0 Å². The normalized spacial score (nSPS) is 17.6. The van der Waals surface area contributed by atoms with Crippen LogP contribution in [0.15, 0.2) is 24.4 Å². The van der Waals surface area contributed by atoms with Crippen LogP contribution in [0.1, 0.15) is 26.4 Å². The number of Topliss-reactive ketones (excluding diaryl/α,β-unsaturated/α-hetero) is 2. The zero-order valence-corrected chi connectivity index (χ0v) is 10.1. The van der Waals surface area contributed by atoms with E-state index < -0.39 is 11.7 Å². The van der Waals surface area contributed by atoms with Gasteiger partial charge in [-0.1, -0.05) is 0 Å². The molecule has 2 aromatic rings. The van der Waals surface area contributed by atoms with E-state index in [9.17, 15) is 14.0 Å². The molecule has 0 aliphatic heterocycles. The number of nitrogens with zero attached hydrogens (tertiary/aromatic N) is 3. The summed E-state index contributed by atoms with van der Waals surface area (Å²) >= 11 is 0. The number of rotatable bonds is 2. The Morgan fingerprint density at radius 2 is 2.26 bits per heavy atom. The van der Waals surface area contributed by atoms with Crippen LogP contribution in [0, 0.1) is 11.7 Å². The van der Waals surface area contributed by atoms with Crippen LogP contribution in [0.4, 0.5) is 4.39 Å². The largest absolute Gasteiger partial charge is 0.293 e. The van der Waals surface area contributed by atoms with Crippen LogP contribution in [0.25, 0.3) is 0 Å².